The summed E-state index contributed by atoms with van der Waals surface area (Å²) in [7, 11) is 3.13. The van der Waals surface area contributed by atoms with Gasteiger partial charge in [0, 0.05) is 14.2 Å². The summed E-state index contributed by atoms with van der Waals surface area (Å²) in [5.41, 5.74) is 0. The number of methoxy groups -OCH3 is 1. The topological polar surface area (TPSA) is 60.1 Å². The third-order valence-corrected chi connectivity index (χ3v) is 1.60. The van der Waals surface area contributed by atoms with Crippen molar-refractivity contribution in [3.05, 3.63) is 0 Å². The first-order valence-electron chi connectivity index (χ1n) is 3.77. The van der Waals surface area contributed by atoms with Gasteiger partial charge in [-0.25, -0.2) is 4.79 Å². The Balaban J connectivity index is 2.00. The Morgan fingerprint density at radius 1 is 1.50 bits per heavy atom. The van der Waals surface area contributed by atoms with Gasteiger partial charge in [0.05, 0.1) is 6.61 Å². The molecule has 1 saturated heterocycles. The van der Waals surface area contributed by atoms with Gasteiger partial charge in [-0.05, 0) is 0 Å². The number of amides is 1. The second-order valence-corrected chi connectivity index (χ2v) is 2.52. The molecule has 2 unspecified atom stereocenters. The molecule has 0 bridgehead atoms. The van der Waals surface area contributed by atoms with Crippen LogP contribution in [0.3, 0.4) is 0 Å². The van der Waals surface area contributed by atoms with Gasteiger partial charge in [-0.3, -0.25) is 0 Å². The van der Waals surface area contributed by atoms with Crippen LogP contribution in [0.5, 0.6) is 0 Å². The quantitative estimate of drug-likeness (QED) is 0.599. The molecule has 0 radical (unpaired) electrons. The lowest BCUT2D eigenvalue weighted by molar-refractivity contribution is 0.138. The van der Waals surface area contributed by atoms with Gasteiger partial charge >= 0.3 is 6.09 Å². The maximum absolute atomic E-state index is 10.6. The van der Waals surface area contributed by atoms with Gasteiger partial charge in [0.25, 0.3) is 0 Å². The van der Waals surface area contributed by atoms with Gasteiger partial charge in [-0.15, -0.1) is 0 Å². The van der Waals surface area contributed by atoms with E-state index in [9.17, 15) is 4.79 Å². The largest absolute Gasteiger partial charge is 0.447 e. The predicted molar refractivity (Wildman–Crippen MR) is 40.9 cm³/mol. The van der Waals surface area contributed by atoms with E-state index in [1.54, 1.807) is 7.11 Å². The molecule has 0 spiro atoms. The molecule has 12 heavy (non-hydrogen) atoms. The predicted octanol–water partition coefficient (Wildman–Crippen LogP) is -0.244. The van der Waals surface area contributed by atoms with Gasteiger partial charge in [0.2, 0.25) is 0 Å². The molecule has 1 amide bonds. The maximum Gasteiger partial charge on any atom is 0.406 e. The Kier molecular flexibility index (Phi) is 3.31. The molecule has 0 aliphatic carbocycles. The monoisotopic (exact) mass is 175 g/mol. The molecule has 5 nitrogen and oxygen atoms in total. The van der Waals surface area contributed by atoms with Crippen molar-refractivity contribution in [1.82, 2.24) is 5.32 Å². The number of rotatable bonds is 4. The Bertz CT molecular complexity index is 161. The molecule has 70 valence electrons. The number of carbonyl (C=O) groups is 1. The van der Waals surface area contributed by atoms with Gasteiger partial charge in [-0.2, -0.15) is 0 Å². The van der Waals surface area contributed by atoms with Gasteiger partial charge in [0.1, 0.15) is 18.8 Å². The number of alkyl carbamates (subject to hydrolysis) is 1. The summed E-state index contributed by atoms with van der Waals surface area (Å²) in [5.74, 6) is 0. The molecule has 0 aromatic heterocycles. The Morgan fingerprint density at radius 2 is 2.17 bits per heavy atom. The molecule has 0 saturated carbocycles. The molecule has 2 atom stereocenters. The highest BCUT2D eigenvalue weighted by Crippen LogP contribution is 2.21. The minimum Gasteiger partial charge on any atom is -0.447 e. The van der Waals surface area contributed by atoms with E-state index in [1.807, 2.05) is 0 Å². The van der Waals surface area contributed by atoms with Gasteiger partial charge in [-0.1, -0.05) is 0 Å². The van der Waals surface area contributed by atoms with Crippen molar-refractivity contribution in [2.75, 3.05) is 27.4 Å². The summed E-state index contributed by atoms with van der Waals surface area (Å²) in [6, 6.07) is 0. The average Bonchev–Trinajstić information content (AvgIpc) is 2.80. The highest BCUT2D eigenvalue weighted by atomic mass is 16.6. The van der Waals surface area contributed by atoms with Crippen LogP contribution in [0.15, 0.2) is 0 Å². The number of hydrogen-bond donors (Lipinski definition) is 1. The van der Waals surface area contributed by atoms with Crippen molar-refractivity contribution in [1.29, 1.82) is 0 Å². The van der Waals surface area contributed by atoms with Crippen molar-refractivity contribution in [2.45, 2.75) is 12.2 Å². The van der Waals surface area contributed by atoms with Crippen LogP contribution < -0.4 is 5.32 Å². The number of carbonyl (C=O) groups excluding carboxylic acids is 1. The van der Waals surface area contributed by atoms with E-state index in [0.29, 0.717) is 13.2 Å². The highest BCUT2D eigenvalue weighted by molar-refractivity contribution is 5.66. The number of nitrogens with one attached hydrogen (secondary N) is 1. The van der Waals surface area contributed by atoms with E-state index < -0.39 is 6.09 Å². The van der Waals surface area contributed by atoms with Crippen molar-refractivity contribution in [3.63, 3.8) is 0 Å². The van der Waals surface area contributed by atoms with Crippen LogP contribution in [-0.4, -0.2) is 45.7 Å². The van der Waals surface area contributed by atoms with Crippen molar-refractivity contribution in [2.24, 2.45) is 0 Å². The smallest absolute Gasteiger partial charge is 0.406 e. The Labute approximate surface area is 71.0 Å². The van der Waals surface area contributed by atoms with E-state index in [-0.39, 0.29) is 12.2 Å². The van der Waals surface area contributed by atoms with Gasteiger partial charge < -0.3 is 19.5 Å². The molecule has 1 N–H and O–H groups in total. The van der Waals surface area contributed by atoms with Crippen LogP contribution in [0, 0.1) is 0 Å². The first kappa shape index (κ1) is 9.28. The van der Waals surface area contributed by atoms with Crippen LogP contribution in [0.25, 0.3) is 0 Å². The standard InChI is InChI=1S/C7H13NO4/c1-8-7(9)11-4-6-5(12-6)3-10-2/h5-6H,3-4H2,1-2H3,(H,8,9). The third kappa shape index (κ3) is 2.67. The SMILES string of the molecule is CNC(=O)OCC1OC1COC. The minimum absolute atomic E-state index is 0.0160. The van der Waals surface area contributed by atoms with Crippen LogP contribution >= 0.6 is 0 Å². The average molecular weight is 175 g/mol. The van der Waals surface area contributed by atoms with Gasteiger partial charge in [0.15, 0.2) is 0 Å². The summed E-state index contributed by atoms with van der Waals surface area (Å²) in [6.45, 7) is 0.857. The summed E-state index contributed by atoms with van der Waals surface area (Å²) in [4.78, 5) is 10.6. The molecule has 1 rings (SSSR count). The van der Waals surface area contributed by atoms with Crippen LogP contribution in [0.2, 0.25) is 0 Å². The van der Waals surface area contributed by atoms with E-state index in [4.69, 9.17) is 14.2 Å². The normalized spacial score (nSPS) is 26.5. The third-order valence-electron chi connectivity index (χ3n) is 1.60. The molecular weight excluding hydrogens is 162 g/mol. The fourth-order valence-corrected chi connectivity index (χ4v) is 0.867. The fraction of sp³-hybridized carbons (Fsp3) is 0.857. The molecular formula is C7H13NO4. The van der Waals surface area contributed by atoms with Crippen molar-refractivity contribution in [3.8, 4) is 0 Å². The second kappa shape index (κ2) is 4.27. The molecule has 1 aliphatic rings. The summed E-state index contributed by atoms with van der Waals surface area (Å²) in [6.07, 6.45) is -0.316. The molecule has 5 heteroatoms. The minimum atomic E-state index is -0.429. The second-order valence-electron chi connectivity index (χ2n) is 2.52. The molecule has 0 aromatic carbocycles. The lowest BCUT2D eigenvalue weighted by Crippen LogP contribution is -2.22. The number of ether oxygens (including phenoxy) is 3. The lowest BCUT2D eigenvalue weighted by atomic mass is 10.3. The number of hydrogen-bond acceptors (Lipinski definition) is 4. The zero-order chi connectivity index (χ0) is 8.97. The fourth-order valence-electron chi connectivity index (χ4n) is 0.867. The lowest BCUT2D eigenvalue weighted by Gasteiger charge is -1.99. The van der Waals surface area contributed by atoms with E-state index >= 15 is 0 Å². The first-order valence-corrected chi connectivity index (χ1v) is 3.77. The molecule has 1 aliphatic heterocycles. The molecule has 1 fully saturated rings. The molecule has 1 heterocycles. The highest BCUT2D eigenvalue weighted by Gasteiger charge is 2.39. The molecule has 0 aromatic rings. The van der Waals surface area contributed by atoms with Crippen molar-refractivity contribution >= 4 is 6.09 Å². The first-order chi connectivity index (χ1) is 5.77. The summed E-state index contributed by atoms with van der Waals surface area (Å²) in [5, 5.41) is 2.35. The Morgan fingerprint density at radius 3 is 2.75 bits per heavy atom. The van der Waals surface area contributed by atoms with E-state index in [1.165, 1.54) is 7.05 Å². The van der Waals surface area contributed by atoms with Crippen LogP contribution in [0.1, 0.15) is 0 Å². The Hall–Kier alpha value is -0.810. The van der Waals surface area contributed by atoms with E-state index in [2.05, 4.69) is 5.32 Å². The summed E-state index contributed by atoms with van der Waals surface area (Å²) < 4.78 is 14.7. The van der Waals surface area contributed by atoms with Crippen LogP contribution in [-0.2, 0) is 14.2 Å². The maximum atomic E-state index is 10.6. The zero-order valence-electron chi connectivity index (χ0n) is 7.20. The summed E-state index contributed by atoms with van der Waals surface area (Å²) >= 11 is 0. The number of epoxide rings is 1. The van der Waals surface area contributed by atoms with Crippen LogP contribution in [0.4, 0.5) is 4.79 Å². The zero-order valence-corrected chi connectivity index (χ0v) is 7.20. The van der Waals surface area contributed by atoms with E-state index in [0.717, 1.165) is 0 Å². The van der Waals surface area contributed by atoms with Crippen molar-refractivity contribution < 1.29 is 19.0 Å².